The summed E-state index contributed by atoms with van der Waals surface area (Å²) < 4.78 is 4.44. The number of carboxylic acid groups (broad SMARTS) is 1. The number of piperidine rings is 1. The number of aromatic nitrogens is 1. The Morgan fingerprint density at radius 2 is 2.03 bits per heavy atom. The van der Waals surface area contributed by atoms with E-state index in [1.165, 1.54) is 16.2 Å². The summed E-state index contributed by atoms with van der Waals surface area (Å²) in [5, 5.41) is 24.9. The number of hydrogen-bond acceptors (Lipinski definition) is 8. The number of carbonyl (C=O) groups is 4. The normalized spacial score (nSPS) is 15.3. The second kappa shape index (κ2) is 9.98. The van der Waals surface area contributed by atoms with Crippen LogP contribution in [0.1, 0.15) is 34.3 Å². The van der Waals surface area contributed by atoms with Crippen LogP contribution in [0.25, 0.3) is 0 Å². The lowest BCUT2D eigenvalue weighted by molar-refractivity contribution is -0.145. The highest BCUT2D eigenvalue weighted by atomic mass is 32.1. The molecule has 11 nitrogen and oxygen atoms in total. The van der Waals surface area contributed by atoms with E-state index in [4.69, 9.17) is 10.2 Å². The summed E-state index contributed by atoms with van der Waals surface area (Å²) in [6.45, 7) is 3.59. The van der Waals surface area contributed by atoms with Gasteiger partial charge >= 0.3 is 12.1 Å². The van der Waals surface area contributed by atoms with Gasteiger partial charge in [0, 0.05) is 24.4 Å². The molecule has 1 aliphatic rings. The van der Waals surface area contributed by atoms with Crippen molar-refractivity contribution in [2.75, 3.05) is 26.8 Å². The summed E-state index contributed by atoms with van der Waals surface area (Å²) in [7, 11) is 1.11. The summed E-state index contributed by atoms with van der Waals surface area (Å²) in [4.78, 5) is 52.3. The average Bonchev–Trinajstić information content (AvgIpc) is 3.21. The number of aliphatic hydroxyl groups excluding tert-OH is 1. The van der Waals surface area contributed by atoms with Crippen molar-refractivity contribution in [3.63, 3.8) is 0 Å². The van der Waals surface area contributed by atoms with E-state index in [1.54, 1.807) is 5.38 Å². The highest BCUT2D eigenvalue weighted by Crippen LogP contribution is 2.30. The number of aliphatic hydroxyl groups is 1. The number of likely N-dealkylation sites (tertiary alicyclic amines) is 1. The molecule has 3 amide bonds. The molecule has 0 aliphatic carbocycles. The van der Waals surface area contributed by atoms with Crippen molar-refractivity contribution in [3.8, 4) is 0 Å². The maximum Gasteiger partial charge on any atom is 0.407 e. The largest absolute Gasteiger partial charge is 0.467 e. The molecule has 12 heteroatoms. The van der Waals surface area contributed by atoms with Crippen LogP contribution in [0.4, 0.5) is 4.79 Å². The number of ether oxygens (including phenoxy) is 1. The minimum absolute atomic E-state index is 0.0639. The van der Waals surface area contributed by atoms with Crippen molar-refractivity contribution in [1.29, 1.82) is 0 Å². The SMILES string of the molecule is C=C(NC(=O)c1csc(C2CCN(C(=O)O)CC2)n1)C(=O)NC(CO)C(=O)OC. The third kappa shape index (κ3) is 5.74. The van der Waals surface area contributed by atoms with Crippen LogP contribution in [0.15, 0.2) is 17.7 Å². The number of carbonyl (C=O) groups excluding carboxylic acids is 3. The molecule has 29 heavy (non-hydrogen) atoms. The number of hydrogen-bond donors (Lipinski definition) is 4. The van der Waals surface area contributed by atoms with Crippen LogP contribution in [0, 0.1) is 0 Å². The zero-order valence-corrected chi connectivity index (χ0v) is 16.5. The number of nitrogens with zero attached hydrogens (tertiary/aromatic N) is 2. The van der Waals surface area contributed by atoms with Gasteiger partial charge in [-0.05, 0) is 12.8 Å². The predicted octanol–water partition coefficient (Wildman–Crippen LogP) is -0.106. The van der Waals surface area contributed by atoms with Gasteiger partial charge in [0.15, 0.2) is 6.04 Å². The first-order valence-corrected chi connectivity index (χ1v) is 9.57. The lowest BCUT2D eigenvalue weighted by Crippen LogP contribution is -2.46. The molecule has 0 bridgehead atoms. The molecular weight excluding hydrogens is 404 g/mol. The van der Waals surface area contributed by atoms with E-state index >= 15 is 0 Å². The summed E-state index contributed by atoms with van der Waals surface area (Å²) in [6, 6.07) is -1.27. The third-order valence-electron chi connectivity index (χ3n) is 4.38. The quantitative estimate of drug-likeness (QED) is 0.347. The topological polar surface area (TPSA) is 158 Å². The first kappa shape index (κ1) is 22.3. The number of amides is 3. The fourth-order valence-corrected chi connectivity index (χ4v) is 3.69. The Hall–Kier alpha value is -2.99. The van der Waals surface area contributed by atoms with E-state index < -0.39 is 36.5 Å². The van der Waals surface area contributed by atoms with Crippen molar-refractivity contribution in [1.82, 2.24) is 20.5 Å². The fraction of sp³-hybridized carbons (Fsp3) is 0.471. The molecule has 1 atom stereocenters. The average molecular weight is 426 g/mol. The van der Waals surface area contributed by atoms with Crippen molar-refractivity contribution in [2.45, 2.75) is 24.8 Å². The Bertz CT molecular complexity index is 801. The summed E-state index contributed by atoms with van der Waals surface area (Å²) >= 11 is 1.29. The van der Waals surface area contributed by atoms with Crippen LogP contribution in [0.5, 0.6) is 0 Å². The molecule has 1 aromatic heterocycles. The Morgan fingerprint density at radius 1 is 1.38 bits per heavy atom. The van der Waals surface area contributed by atoms with Gasteiger partial charge in [-0.1, -0.05) is 6.58 Å². The molecule has 0 aromatic carbocycles. The Labute approximate surface area is 170 Å². The van der Waals surface area contributed by atoms with Crippen LogP contribution in [-0.4, -0.2) is 76.8 Å². The predicted molar refractivity (Wildman–Crippen MR) is 101 cm³/mol. The molecule has 0 saturated carbocycles. The van der Waals surface area contributed by atoms with Gasteiger partial charge in [-0.2, -0.15) is 0 Å². The van der Waals surface area contributed by atoms with Crippen molar-refractivity contribution < 1.29 is 34.1 Å². The molecule has 1 fully saturated rings. The van der Waals surface area contributed by atoms with E-state index in [1.807, 2.05) is 0 Å². The highest BCUT2D eigenvalue weighted by molar-refractivity contribution is 7.09. The smallest absolute Gasteiger partial charge is 0.407 e. The van der Waals surface area contributed by atoms with Gasteiger partial charge in [0.05, 0.1) is 24.4 Å². The Balaban J connectivity index is 1.91. The van der Waals surface area contributed by atoms with Gasteiger partial charge in [0.1, 0.15) is 5.69 Å². The molecule has 0 radical (unpaired) electrons. The molecule has 158 valence electrons. The van der Waals surface area contributed by atoms with Gasteiger partial charge in [0.2, 0.25) is 0 Å². The highest BCUT2D eigenvalue weighted by Gasteiger charge is 2.27. The van der Waals surface area contributed by atoms with Gasteiger partial charge in [-0.3, -0.25) is 9.59 Å². The molecule has 1 unspecified atom stereocenters. The fourth-order valence-electron chi connectivity index (χ4n) is 2.72. The van der Waals surface area contributed by atoms with Crippen LogP contribution >= 0.6 is 11.3 Å². The van der Waals surface area contributed by atoms with E-state index in [2.05, 4.69) is 26.9 Å². The zero-order valence-electron chi connectivity index (χ0n) is 15.7. The van der Waals surface area contributed by atoms with Crippen LogP contribution in [0.3, 0.4) is 0 Å². The van der Waals surface area contributed by atoms with E-state index in [-0.39, 0.29) is 17.3 Å². The second-order valence-electron chi connectivity index (χ2n) is 6.28. The first-order chi connectivity index (χ1) is 13.8. The summed E-state index contributed by atoms with van der Waals surface area (Å²) in [5.74, 6) is -2.26. The first-order valence-electron chi connectivity index (χ1n) is 8.69. The Kier molecular flexibility index (Phi) is 7.67. The Morgan fingerprint density at radius 3 is 2.59 bits per heavy atom. The number of esters is 1. The standard InChI is InChI=1S/C17H22N4O7S/c1-9(13(23)19-11(7-22)16(25)28-2)18-14(24)12-8-29-15(20-12)10-3-5-21(6-4-10)17(26)27/h8,10-11,22H,1,3-7H2,2H3,(H,18,24)(H,19,23)(H,26,27). The van der Waals surface area contributed by atoms with Gasteiger partial charge in [-0.25, -0.2) is 14.6 Å². The molecule has 1 aliphatic heterocycles. The van der Waals surface area contributed by atoms with Crippen LogP contribution in [0.2, 0.25) is 0 Å². The maximum absolute atomic E-state index is 12.3. The third-order valence-corrected chi connectivity index (χ3v) is 5.39. The number of thiazole rings is 1. The van der Waals surface area contributed by atoms with Crippen molar-refractivity contribution in [3.05, 3.63) is 28.4 Å². The molecule has 0 spiro atoms. The lowest BCUT2D eigenvalue weighted by Gasteiger charge is -2.28. The zero-order chi connectivity index (χ0) is 21.6. The monoisotopic (exact) mass is 426 g/mol. The molecule has 2 heterocycles. The summed E-state index contributed by atoms with van der Waals surface area (Å²) in [5.41, 5.74) is -0.215. The van der Waals surface area contributed by atoms with Crippen LogP contribution < -0.4 is 10.6 Å². The van der Waals surface area contributed by atoms with Crippen LogP contribution in [-0.2, 0) is 14.3 Å². The summed E-state index contributed by atoms with van der Waals surface area (Å²) in [6.07, 6.45) is 0.285. The van der Waals surface area contributed by atoms with Crippen molar-refractivity contribution in [2.24, 2.45) is 0 Å². The lowest BCUT2D eigenvalue weighted by atomic mass is 9.98. The molecule has 2 rings (SSSR count). The molecule has 1 aromatic rings. The number of rotatable bonds is 7. The minimum Gasteiger partial charge on any atom is -0.467 e. The molecular formula is C17H22N4O7S. The van der Waals surface area contributed by atoms with E-state index in [9.17, 15) is 19.2 Å². The maximum atomic E-state index is 12.3. The number of methoxy groups -OCH3 is 1. The molecule has 4 N–H and O–H groups in total. The van der Waals surface area contributed by atoms with Gasteiger partial charge in [0.25, 0.3) is 11.8 Å². The molecule has 1 saturated heterocycles. The van der Waals surface area contributed by atoms with Gasteiger partial charge < -0.3 is 30.5 Å². The number of nitrogens with one attached hydrogen (secondary N) is 2. The van der Waals surface area contributed by atoms with E-state index in [0.717, 1.165) is 12.1 Å². The van der Waals surface area contributed by atoms with Crippen molar-refractivity contribution >= 4 is 35.2 Å². The second-order valence-corrected chi connectivity index (χ2v) is 7.17. The van der Waals surface area contributed by atoms with E-state index in [0.29, 0.717) is 25.9 Å². The minimum atomic E-state index is -1.27. The van der Waals surface area contributed by atoms with Gasteiger partial charge in [-0.15, -0.1) is 11.3 Å².